The Kier molecular flexibility index (Phi) is 6.29. The number of aromatic nitrogens is 1. The molecule has 0 spiro atoms. The summed E-state index contributed by atoms with van der Waals surface area (Å²) in [5.74, 6) is 0.594. The molecular weight excluding hydrogens is 448 g/mol. The summed E-state index contributed by atoms with van der Waals surface area (Å²) in [7, 11) is 3.11. The predicted octanol–water partition coefficient (Wildman–Crippen LogP) is 2.88. The number of allylic oxidation sites excluding steroid dienone is 1. The van der Waals surface area contributed by atoms with Gasteiger partial charge in [-0.3, -0.25) is 9.36 Å². The molecule has 1 aliphatic rings. The van der Waals surface area contributed by atoms with E-state index < -0.39 is 12.0 Å². The van der Waals surface area contributed by atoms with Crippen molar-refractivity contribution in [2.75, 3.05) is 20.8 Å². The van der Waals surface area contributed by atoms with E-state index in [0.29, 0.717) is 37.7 Å². The third-order valence-corrected chi connectivity index (χ3v) is 6.87. The molecule has 0 saturated carbocycles. The molecule has 4 rings (SSSR count). The quantitative estimate of drug-likeness (QED) is 0.518. The van der Waals surface area contributed by atoms with Crippen molar-refractivity contribution in [3.05, 3.63) is 77.1 Å². The van der Waals surface area contributed by atoms with Gasteiger partial charge in [0, 0.05) is 16.5 Å². The van der Waals surface area contributed by atoms with Crippen LogP contribution in [0.25, 0.3) is 6.08 Å². The van der Waals surface area contributed by atoms with Crippen molar-refractivity contribution >= 4 is 34.7 Å². The van der Waals surface area contributed by atoms with E-state index in [4.69, 9.17) is 14.2 Å². The lowest BCUT2D eigenvalue weighted by molar-refractivity contribution is -0.139. The van der Waals surface area contributed by atoms with Crippen LogP contribution in [0.4, 0.5) is 0 Å². The van der Waals surface area contributed by atoms with Gasteiger partial charge < -0.3 is 14.2 Å². The number of fused-ring (bicyclic) bond motifs is 1. The SMILES string of the molecule is CCOC(=O)C1=C(C)N=c2s/c(=C\c3cccs3)c(=O)n2[C@H]1c1ccc(OC)cc1OC. The summed E-state index contributed by atoms with van der Waals surface area (Å²) < 4.78 is 18.3. The number of ether oxygens (including phenoxy) is 3. The number of carbonyl (C=O) groups excluding carboxylic acids is 1. The van der Waals surface area contributed by atoms with E-state index in [-0.39, 0.29) is 12.2 Å². The van der Waals surface area contributed by atoms with E-state index in [0.717, 1.165) is 4.88 Å². The van der Waals surface area contributed by atoms with Crippen molar-refractivity contribution in [3.63, 3.8) is 0 Å². The van der Waals surface area contributed by atoms with Gasteiger partial charge in [-0.2, -0.15) is 0 Å². The zero-order valence-corrected chi connectivity index (χ0v) is 19.7. The van der Waals surface area contributed by atoms with Gasteiger partial charge in [-0.1, -0.05) is 17.4 Å². The number of carbonyl (C=O) groups is 1. The van der Waals surface area contributed by atoms with Gasteiger partial charge in [0.25, 0.3) is 5.56 Å². The van der Waals surface area contributed by atoms with Gasteiger partial charge in [-0.15, -0.1) is 11.3 Å². The fourth-order valence-corrected chi connectivity index (χ4v) is 5.40. The van der Waals surface area contributed by atoms with Crippen LogP contribution in [-0.2, 0) is 9.53 Å². The second-order valence-corrected chi connectivity index (χ2v) is 8.91. The molecule has 0 N–H and O–H groups in total. The highest BCUT2D eigenvalue weighted by Gasteiger charge is 2.35. The third-order valence-electron chi connectivity index (χ3n) is 5.07. The van der Waals surface area contributed by atoms with E-state index in [1.54, 1.807) is 62.2 Å². The molecule has 0 amide bonds. The zero-order valence-electron chi connectivity index (χ0n) is 18.1. The minimum absolute atomic E-state index is 0.213. The lowest BCUT2D eigenvalue weighted by atomic mass is 9.95. The van der Waals surface area contributed by atoms with Gasteiger partial charge in [0.15, 0.2) is 4.80 Å². The van der Waals surface area contributed by atoms with Crippen LogP contribution in [0, 0.1) is 0 Å². The average Bonchev–Trinajstić information content (AvgIpc) is 3.40. The van der Waals surface area contributed by atoms with Gasteiger partial charge in [-0.05, 0) is 43.5 Å². The average molecular weight is 471 g/mol. The van der Waals surface area contributed by atoms with Crippen LogP contribution in [0.2, 0.25) is 0 Å². The number of thiazole rings is 1. The Morgan fingerprint density at radius 3 is 2.72 bits per heavy atom. The van der Waals surface area contributed by atoms with E-state index in [9.17, 15) is 9.59 Å². The summed E-state index contributed by atoms with van der Waals surface area (Å²) >= 11 is 2.84. The maximum absolute atomic E-state index is 13.5. The molecule has 0 bridgehead atoms. The Labute approximate surface area is 192 Å². The molecule has 0 fully saturated rings. The lowest BCUT2D eigenvalue weighted by Crippen LogP contribution is -2.40. The van der Waals surface area contributed by atoms with E-state index >= 15 is 0 Å². The number of methoxy groups -OCH3 is 2. The summed E-state index contributed by atoms with van der Waals surface area (Å²) in [5.41, 5.74) is 1.24. The highest BCUT2D eigenvalue weighted by molar-refractivity contribution is 7.11. The standard InChI is InChI=1S/C23H22N2O5S2/c1-5-30-22(27)19-13(2)24-23-25(21(26)18(32-23)12-15-7-6-10-31-15)20(19)16-9-8-14(28-3)11-17(16)29-4/h6-12,20H,5H2,1-4H3/b18-12-/t20-/m0/s1. The maximum atomic E-state index is 13.5. The molecule has 7 nitrogen and oxygen atoms in total. The lowest BCUT2D eigenvalue weighted by Gasteiger charge is -2.26. The van der Waals surface area contributed by atoms with Crippen molar-refractivity contribution in [1.29, 1.82) is 0 Å². The Bertz CT molecular complexity index is 1370. The van der Waals surface area contributed by atoms with Crippen molar-refractivity contribution < 1.29 is 19.0 Å². The minimum atomic E-state index is -0.739. The summed E-state index contributed by atoms with van der Waals surface area (Å²) in [6.07, 6.45) is 1.85. The number of hydrogen-bond acceptors (Lipinski definition) is 8. The molecule has 2 aromatic heterocycles. The maximum Gasteiger partial charge on any atom is 0.338 e. The Hall–Kier alpha value is -3.17. The fourth-order valence-electron chi connectivity index (χ4n) is 3.63. The highest BCUT2D eigenvalue weighted by Crippen LogP contribution is 2.37. The monoisotopic (exact) mass is 470 g/mol. The number of hydrogen-bond donors (Lipinski definition) is 0. The molecule has 0 saturated heterocycles. The summed E-state index contributed by atoms with van der Waals surface area (Å²) in [4.78, 5) is 32.6. The molecule has 1 aromatic carbocycles. The van der Waals surface area contributed by atoms with Gasteiger partial charge >= 0.3 is 5.97 Å². The fraction of sp³-hybridized carbons (Fsp3) is 0.261. The molecule has 3 aromatic rings. The molecule has 1 aliphatic heterocycles. The van der Waals surface area contributed by atoms with Crippen LogP contribution in [0.15, 0.2) is 56.8 Å². The molecule has 0 unspecified atom stereocenters. The van der Waals surface area contributed by atoms with E-state index in [1.807, 2.05) is 23.6 Å². The number of esters is 1. The molecule has 0 aliphatic carbocycles. The van der Waals surface area contributed by atoms with Gasteiger partial charge in [0.1, 0.15) is 17.5 Å². The topological polar surface area (TPSA) is 79.1 Å². The van der Waals surface area contributed by atoms with Crippen molar-refractivity contribution in [2.45, 2.75) is 19.9 Å². The Morgan fingerprint density at radius 1 is 1.25 bits per heavy atom. The van der Waals surface area contributed by atoms with E-state index in [2.05, 4.69) is 4.99 Å². The first-order chi connectivity index (χ1) is 15.5. The number of benzene rings is 1. The van der Waals surface area contributed by atoms with Crippen LogP contribution >= 0.6 is 22.7 Å². The first-order valence-corrected chi connectivity index (χ1v) is 11.6. The van der Waals surface area contributed by atoms with Crippen molar-refractivity contribution in [1.82, 2.24) is 4.57 Å². The molecule has 166 valence electrons. The smallest absolute Gasteiger partial charge is 0.338 e. The predicted molar refractivity (Wildman–Crippen MR) is 124 cm³/mol. The summed E-state index contributed by atoms with van der Waals surface area (Å²) in [5, 5.41) is 1.96. The summed E-state index contributed by atoms with van der Waals surface area (Å²) in [6.45, 7) is 3.71. The van der Waals surface area contributed by atoms with Gasteiger partial charge in [0.2, 0.25) is 0 Å². The first-order valence-electron chi connectivity index (χ1n) is 9.93. The molecular formula is C23H22N2O5S2. The Balaban J connectivity index is 2.01. The molecule has 3 heterocycles. The summed E-state index contributed by atoms with van der Waals surface area (Å²) in [6, 6.07) is 8.45. The molecule has 0 radical (unpaired) electrons. The zero-order chi connectivity index (χ0) is 22.8. The van der Waals surface area contributed by atoms with Gasteiger partial charge in [-0.25, -0.2) is 9.79 Å². The van der Waals surface area contributed by atoms with Crippen LogP contribution in [0.5, 0.6) is 11.5 Å². The third kappa shape index (κ3) is 3.89. The normalized spacial score (nSPS) is 15.9. The van der Waals surface area contributed by atoms with E-state index in [1.165, 1.54) is 11.3 Å². The van der Waals surface area contributed by atoms with Gasteiger partial charge in [0.05, 0.1) is 36.6 Å². The van der Waals surface area contributed by atoms with Crippen molar-refractivity contribution in [3.8, 4) is 11.5 Å². The second kappa shape index (κ2) is 9.13. The number of thiophene rings is 1. The molecule has 9 heteroatoms. The highest BCUT2D eigenvalue weighted by atomic mass is 32.1. The molecule has 32 heavy (non-hydrogen) atoms. The van der Waals surface area contributed by atoms with Crippen LogP contribution in [0.3, 0.4) is 0 Å². The van der Waals surface area contributed by atoms with Crippen LogP contribution < -0.4 is 24.4 Å². The minimum Gasteiger partial charge on any atom is -0.497 e. The first kappa shape index (κ1) is 22.0. The van der Waals surface area contributed by atoms with Crippen LogP contribution in [0.1, 0.15) is 30.3 Å². The Morgan fingerprint density at radius 2 is 2.06 bits per heavy atom. The van der Waals surface area contributed by atoms with Crippen LogP contribution in [-0.4, -0.2) is 31.4 Å². The molecule has 1 atom stereocenters. The number of nitrogens with zero attached hydrogens (tertiary/aromatic N) is 2. The second-order valence-electron chi connectivity index (χ2n) is 6.93. The number of rotatable bonds is 6. The largest absolute Gasteiger partial charge is 0.497 e. The van der Waals surface area contributed by atoms with Crippen molar-refractivity contribution in [2.24, 2.45) is 4.99 Å².